The zero-order chi connectivity index (χ0) is 13.5. The molecule has 3 nitrogen and oxygen atoms in total. The van der Waals surface area contributed by atoms with Crippen molar-refractivity contribution in [2.45, 2.75) is 6.92 Å². The largest absolute Gasteiger partial charge is 0.360 e. The number of nitrogens with one attached hydrogen (secondary N) is 2. The number of thiocarbonyl (C=S) groups is 1. The van der Waals surface area contributed by atoms with Crippen molar-refractivity contribution in [2.24, 2.45) is 0 Å². The van der Waals surface area contributed by atoms with E-state index in [0.717, 1.165) is 12.2 Å². The Hall–Kier alpha value is -0.000000000000000167. The summed E-state index contributed by atoms with van der Waals surface area (Å²) < 4.78 is 5.76. The number of benzene rings is 1. The first-order valence-corrected chi connectivity index (χ1v) is 10.9. The fraction of sp³-hybridized carbons (Fsp3) is 0.417. The fourth-order valence-electron chi connectivity index (χ4n) is 1.43. The molecule has 7 heteroatoms. The highest BCUT2D eigenvalue weighted by atomic mass is 33.1. The molecule has 0 bridgehead atoms. The number of anilines is 1. The van der Waals surface area contributed by atoms with Crippen LogP contribution in [-0.2, 0) is 4.52 Å². The normalized spacial score (nSPS) is 15.4. The molecule has 0 atom stereocenters. The molecule has 0 saturated carbocycles. The van der Waals surface area contributed by atoms with Gasteiger partial charge in [0, 0.05) is 23.7 Å². The Morgan fingerprint density at radius 3 is 2.68 bits per heavy atom. The third-order valence-electron chi connectivity index (χ3n) is 2.37. The fourth-order valence-corrected chi connectivity index (χ4v) is 8.38. The summed E-state index contributed by atoms with van der Waals surface area (Å²) in [6.07, 6.45) is 0. The lowest BCUT2D eigenvalue weighted by molar-refractivity contribution is 0.372. The average Bonchev–Trinajstić information content (AvgIpc) is 2.91. The summed E-state index contributed by atoms with van der Waals surface area (Å²) in [6, 6.07) is 8.17. The van der Waals surface area contributed by atoms with E-state index in [4.69, 9.17) is 16.7 Å². The van der Waals surface area contributed by atoms with Gasteiger partial charge in [-0.15, -0.1) is 0 Å². The van der Waals surface area contributed by atoms with Crippen molar-refractivity contribution in [1.29, 1.82) is 0 Å². The summed E-state index contributed by atoms with van der Waals surface area (Å²) in [5.74, 6) is 2.44. The SMILES string of the molecule is Cc1ccc(NC(=S)NCCOP2SCCS2)cc1. The minimum absolute atomic E-state index is 0.298. The molecule has 1 aliphatic rings. The summed E-state index contributed by atoms with van der Waals surface area (Å²) in [5, 5.41) is 6.96. The Morgan fingerprint density at radius 1 is 1.32 bits per heavy atom. The Labute approximate surface area is 129 Å². The summed E-state index contributed by atoms with van der Waals surface area (Å²) in [5.41, 5.74) is 2.25. The van der Waals surface area contributed by atoms with Gasteiger partial charge in [0.05, 0.1) is 6.61 Å². The molecular weight excluding hydrogens is 315 g/mol. The lowest BCUT2D eigenvalue weighted by atomic mass is 10.2. The van der Waals surface area contributed by atoms with E-state index in [1.54, 1.807) is 0 Å². The minimum Gasteiger partial charge on any atom is -0.360 e. The molecule has 0 amide bonds. The van der Waals surface area contributed by atoms with Crippen LogP contribution < -0.4 is 10.6 Å². The van der Waals surface area contributed by atoms with Crippen LogP contribution in [0.5, 0.6) is 0 Å². The van der Waals surface area contributed by atoms with Crippen LogP contribution in [0.1, 0.15) is 5.56 Å². The Kier molecular flexibility index (Phi) is 6.74. The Morgan fingerprint density at radius 2 is 2.00 bits per heavy atom. The van der Waals surface area contributed by atoms with E-state index >= 15 is 0 Å². The van der Waals surface area contributed by atoms with Gasteiger partial charge in [0.25, 0.3) is 0 Å². The lowest BCUT2D eigenvalue weighted by Gasteiger charge is -2.12. The second-order valence-electron chi connectivity index (χ2n) is 3.97. The Bertz CT molecular complexity index is 410. The second kappa shape index (κ2) is 8.32. The molecule has 1 aliphatic heterocycles. The van der Waals surface area contributed by atoms with Gasteiger partial charge in [0.15, 0.2) is 11.7 Å². The first kappa shape index (κ1) is 15.4. The highest BCUT2D eigenvalue weighted by molar-refractivity contribution is 8.88. The van der Waals surface area contributed by atoms with Crippen LogP contribution in [0.2, 0.25) is 0 Å². The molecule has 104 valence electrons. The topological polar surface area (TPSA) is 33.3 Å². The van der Waals surface area contributed by atoms with E-state index in [0.29, 0.717) is 11.7 Å². The molecule has 1 aromatic rings. The van der Waals surface area contributed by atoms with E-state index in [1.165, 1.54) is 17.1 Å². The molecule has 0 unspecified atom stereocenters. The highest BCUT2D eigenvalue weighted by Gasteiger charge is 2.16. The standard InChI is InChI=1S/C12H17N2OPS3/c1-10-2-4-11(5-3-10)14-12(17)13-6-7-15-16-18-8-9-19-16/h2-5H,6-9H2,1H3,(H2,13,14,17). The van der Waals surface area contributed by atoms with Gasteiger partial charge >= 0.3 is 0 Å². The van der Waals surface area contributed by atoms with Crippen molar-refractivity contribution in [2.75, 3.05) is 30.0 Å². The van der Waals surface area contributed by atoms with Crippen LogP contribution in [0, 0.1) is 6.92 Å². The van der Waals surface area contributed by atoms with E-state index < -0.39 is 0 Å². The summed E-state index contributed by atoms with van der Waals surface area (Å²) >= 11 is 9.10. The van der Waals surface area contributed by atoms with Crippen molar-refractivity contribution in [3.8, 4) is 0 Å². The van der Waals surface area contributed by atoms with Crippen molar-refractivity contribution in [3.05, 3.63) is 29.8 Å². The van der Waals surface area contributed by atoms with Crippen LogP contribution in [0.25, 0.3) is 0 Å². The molecule has 2 N–H and O–H groups in total. The zero-order valence-electron chi connectivity index (χ0n) is 10.7. The van der Waals surface area contributed by atoms with Crippen LogP contribution in [0.4, 0.5) is 5.69 Å². The minimum atomic E-state index is -0.298. The molecule has 1 heterocycles. The third kappa shape index (κ3) is 5.88. The van der Waals surface area contributed by atoms with Crippen LogP contribution in [-0.4, -0.2) is 29.8 Å². The van der Waals surface area contributed by atoms with E-state index in [2.05, 4.69) is 29.7 Å². The van der Waals surface area contributed by atoms with Gasteiger partial charge in [-0.3, -0.25) is 0 Å². The van der Waals surface area contributed by atoms with Crippen LogP contribution in [0.3, 0.4) is 0 Å². The number of rotatable bonds is 5. The number of hydrogen-bond donors (Lipinski definition) is 2. The van der Waals surface area contributed by atoms with Crippen molar-refractivity contribution >= 4 is 52.3 Å². The monoisotopic (exact) mass is 332 g/mol. The van der Waals surface area contributed by atoms with Gasteiger partial charge in [-0.05, 0) is 31.3 Å². The zero-order valence-corrected chi connectivity index (χ0v) is 14.1. The first-order valence-electron chi connectivity index (χ1n) is 6.04. The second-order valence-corrected chi connectivity index (χ2v) is 10.6. The average molecular weight is 332 g/mol. The van der Waals surface area contributed by atoms with Gasteiger partial charge in [0.2, 0.25) is 0 Å². The molecule has 0 aliphatic carbocycles. The lowest BCUT2D eigenvalue weighted by Crippen LogP contribution is -2.30. The van der Waals surface area contributed by atoms with E-state index in [9.17, 15) is 0 Å². The molecule has 0 spiro atoms. The highest BCUT2D eigenvalue weighted by Crippen LogP contribution is 2.66. The van der Waals surface area contributed by atoms with Gasteiger partial charge in [-0.2, -0.15) is 0 Å². The summed E-state index contributed by atoms with van der Waals surface area (Å²) in [7, 11) is 0. The third-order valence-corrected chi connectivity index (χ3v) is 9.35. The number of hydrogen-bond acceptors (Lipinski definition) is 4. The van der Waals surface area contributed by atoms with Gasteiger partial charge < -0.3 is 15.2 Å². The summed E-state index contributed by atoms with van der Waals surface area (Å²) in [4.78, 5) is 0. The maximum absolute atomic E-state index is 5.76. The van der Waals surface area contributed by atoms with Gasteiger partial charge in [-0.1, -0.05) is 40.5 Å². The predicted molar refractivity (Wildman–Crippen MR) is 93.2 cm³/mol. The molecule has 1 saturated heterocycles. The number of aryl methyl sites for hydroxylation is 1. The van der Waals surface area contributed by atoms with E-state index in [-0.39, 0.29) is 6.55 Å². The smallest absolute Gasteiger partial charge is 0.170 e. The molecule has 1 fully saturated rings. The molecule has 1 aromatic carbocycles. The van der Waals surface area contributed by atoms with Gasteiger partial charge in [-0.25, -0.2) is 0 Å². The maximum Gasteiger partial charge on any atom is 0.170 e. The molecule has 2 rings (SSSR count). The van der Waals surface area contributed by atoms with E-state index in [1.807, 2.05) is 34.9 Å². The predicted octanol–water partition coefficient (Wildman–Crippen LogP) is 4.00. The van der Waals surface area contributed by atoms with Crippen LogP contribution >= 0.6 is 41.5 Å². The van der Waals surface area contributed by atoms with Crippen molar-refractivity contribution in [1.82, 2.24) is 5.32 Å². The summed E-state index contributed by atoms with van der Waals surface area (Å²) in [6.45, 7) is 3.23. The van der Waals surface area contributed by atoms with Crippen LogP contribution in [0.15, 0.2) is 24.3 Å². The molecule has 0 aromatic heterocycles. The first-order chi connectivity index (χ1) is 9.24. The van der Waals surface area contributed by atoms with Crippen molar-refractivity contribution in [3.63, 3.8) is 0 Å². The molecule has 19 heavy (non-hydrogen) atoms. The Balaban J connectivity index is 1.60. The van der Waals surface area contributed by atoms with Gasteiger partial charge in [0.1, 0.15) is 0 Å². The maximum atomic E-state index is 5.76. The molecular formula is C12H17N2OPS3. The molecule has 0 radical (unpaired) electrons. The van der Waals surface area contributed by atoms with Crippen molar-refractivity contribution < 1.29 is 4.52 Å². The quantitative estimate of drug-likeness (QED) is 0.482.